The van der Waals surface area contributed by atoms with E-state index < -0.39 is 0 Å². The highest BCUT2D eigenvalue weighted by atomic mass is 35.5. The van der Waals surface area contributed by atoms with Gasteiger partial charge in [0.2, 0.25) is 0 Å². The molecule has 0 amide bonds. The molecule has 4 heteroatoms. The number of esters is 1. The van der Waals surface area contributed by atoms with Crippen LogP contribution in [0.4, 0.5) is 0 Å². The summed E-state index contributed by atoms with van der Waals surface area (Å²) in [6.45, 7) is 0.972. The van der Waals surface area contributed by atoms with Gasteiger partial charge in [0, 0.05) is 6.04 Å². The molecule has 0 aromatic heterocycles. The van der Waals surface area contributed by atoms with Crippen molar-refractivity contribution in [2.45, 2.75) is 31.2 Å². The first-order valence-corrected chi connectivity index (χ1v) is 8.26. The molecule has 0 unspecified atom stereocenters. The largest absolute Gasteiger partial charge is 0.469 e. The van der Waals surface area contributed by atoms with Crippen molar-refractivity contribution in [1.82, 2.24) is 5.32 Å². The molecule has 0 radical (unpaired) electrons. The summed E-state index contributed by atoms with van der Waals surface area (Å²) in [5, 5.41) is 3.48. The van der Waals surface area contributed by atoms with Crippen LogP contribution in [0.3, 0.4) is 0 Å². The smallest absolute Gasteiger partial charge is 0.314 e. The van der Waals surface area contributed by atoms with Crippen molar-refractivity contribution in [2.75, 3.05) is 13.7 Å². The predicted molar refractivity (Wildman–Crippen MR) is 99.5 cm³/mol. The molecule has 1 N–H and O–H groups in total. The Balaban J connectivity index is 0.00000208. The van der Waals surface area contributed by atoms with Gasteiger partial charge in [-0.2, -0.15) is 0 Å². The number of ether oxygens (including phenoxy) is 1. The number of hydrogen-bond acceptors (Lipinski definition) is 3. The van der Waals surface area contributed by atoms with E-state index in [1.807, 2.05) is 18.2 Å². The SMILES string of the molecule is COC(=O)[C@H](c1ccc(-c2ccccc2)cc1)[C@H]1CCCCN1.Cl. The zero-order chi connectivity index (χ0) is 16.1. The monoisotopic (exact) mass is 345 g/mol. The number of rotatable bonds is 4. The molecule has 1 heterocycles. The molecule has 0 spiro atoms. The van der Waals surface area contributed by atoms with Crippen LogP contribution >= 0.6 is 12.4 Å². The summed E-state index contributed by atoms with van der Waals surface area (Å²) in [5.74, 6) is -0.387. The van der Waals surface area contributed by atoms with Crippen LogP contribution in [0.2, 0.25) is 0 Å². The van der Waals surface area contributed by atoms with Gasteiger partial charge in [0.1, 0.15) is 0 Å². The van der Waals surface area contributed by atoms with Gasteiger partial charge in [0.05, 0.1) is 13.0 Å². The topological polar surface area (TPSA) is 38.3 Å². The average molecular weight is 346 g/mol. The van der Waals surface area contributed by atoms with Crippen molar-refractivity contribution in [2.24, 2.45) is 0 Å². The standard InChI is InChI=1S/C20H23NO2.ClH/c1-23-20(22)19(18-9-5-6-14-21-18)17-12-10-16(11-13-17)15-7-3-2-4-8-15;/h2-4,7-8,10-13,18-19,21H,5-6,9,14H2,1H3;1H/t18-,19-;/m1./s1. The number of halogens is 1. The van der Waals surface area contributed by atoms with E-state index in [2.05, 4.69) is 41.7 Å². The molecule has 128 valence electrons. The fourth-order valence-corrected chi connectivity index (χ4v) is 3.34. The number of carbonyl (C=O) groups excluding carboxylic acids is 1. The van der Waals surface area contributed by atoms with Gasteiger partial charge >= 0.3 is 5.97 Å². The molecule has 2 atom stereocenters. The summed E-state index contributed by atoms with van der Waals surface area (Å²) >= 11 is 0. The van der Waals surface area contributed by atoms with E-state index in [9.17, 15) is 4.79 Å². The van der Waals surface area contributed by atoms with Crippen molar-refractivity contribution in [3.63, 3.8) is 0 Å². The molecule has 3 nitrogen and oxygen atoms in total. The number of methoxy groups -OCH3 is 1. The van der Waals surface area contributed by atoms with Gasteiger partial charge in [-0.25, -0.2) is 0 Å². The van der Waals surface area contributed by atoms with Crippen LogP contribution in [0.5, 0.6) is 0 Å². The summed E-state index contributed by atoms with van der Waals surface area (Å²) in [4.78, 5) is 12.3. The zero-order valence-corrected chi connectivity index (χ0v) is 14.7. The molecule has 1 aliphatic rings. The minimum Gasteiger partial charge on any atom is -0.469 e. The zero-order valence-electron chi connectivity index (χ0n) is 13.9. The van der Waals surface area contributed by atoms with Crippen LogP contribution in [-0.2, 0) is 9.53 Å². The molecular formula is C20H24ClNO2. The number of nitrogens with one attached hydrogen (secondary N) is 1. The number of hydrogen-bond donors (Lipinski definition) is 1. The van der Waals surface area contributed by atoms with Crippen molar-refractivity contribution in [3.8, 4) is 11.1 Å². The summed E-state index contributed by atoms with van der Waals surface area (Å²) in [6, 6.07) is 18.7. The molecule has 1 aliphatic heterocycles. The maximum atomic E-state index is 12.3. The number of carbonyl (C=O) groups is 1. The number of benzene rings is 2. The van der Waals surface area contributed by atoms with E-state index in [1.165, 1.54) is 19.1 Å². The number of piperidine rings is 1. The Labute approximate surface area is 149 Å². The maximum absolute atomic E-state index is 12.3. The highest BCUT2D eigenvalue weighted by Crippen LogP contribution is 2.28. The van der Waals surface area contributed by atoms with Crippen LogP contribution in [0.25, 0.3) is 11.1 Å². The van der Waals surface area contributed by atoms with Crippen molar-refractivity contribution in [1.29, 1.82) is 0 Å². The van der Waals surface area contributed by atoms with E-state index in [-0.39, 0.29) is 30.3 Å². The third-order valence-electron chi connectivity index (χ3n) is 4.58. The van der Waals surface area contributed by atoms with Crippen LogP contribution < -0.4 is 5.32 Å². The molecule has 1 saturated heterocycles. The first-order chi connectivity index (χ1) is 11.3. The lowest BCUT2D eigenvalue weighted by molar-refractivity contribution is -0.143. The Morgan fingerprint density at radius 3 is 2.29 bits per heavy atom. The van der Waals surface area contributed by atoms with Gasteiger partial charge in [0.15, 0.2) is 0 Å². The Hall–Kier alpha value is -1.84. The summed E-state index contributed by atoms with van der Waals surface area (Å²) in [5.41, 5.74) is 3.37. The average Bonchev–Trinajstić information content (AvgIpc) is 2.64. The van der Waals surface area contributed by atoms with Crippen LogP contribution in [0, 0.1) is 0 Å². The molecular weight excluding hydrogens is 322 g/mol. The molecule has 0 aliphatic carbocycles. The molecule has 1 fully saturated rings. The Kier molecular flexibility index (Phi) is 6.83. The van der Waals surface area contributed by atoms with Gasteiger partial charge in [-0.15, -0.1) is 12.4 Å². The van der Waals surface area contributed by atoms with Gasteiger partial charge in [-0.1, -0.05) is 61.0 Å². The van der Waals surface area contributed by atoms with Gasteiger partial charge in [-0.05, 0) is 36.1 Å². The lowest BCUT2D eigenvalue weighted by Gasteiger charge is -2.30. The maximum Gasteiger partial charge on any atom is 0.314 e. The second-order valence-electron chi connectivity index (χ2n) is 6.05. The van der Waals surface area contributed by atoms with E-state index >= 15 is 0 Å². The summed E-state index contributed by atoms with van der Waals surface area (Å²) < 4.78 is 5.06. The Bertz CT molecular complexity index is 636. The first kappa shape index (κ1) is 18.5. The third kappa shape index (κ3) is 4.16. The van der Waals surface area contributed by atoms with E-state index in [0.29, 0.717) is 0 Å². The lowest BCUT2D eigenvalue weighted by Crippen LogP contribution is -2.42. The Morgan fingerprint density at radius 1 is 1.04 bits per heavy atom. The highest BCUT2D eigenvalue weighted by molar-refractivity contribution is 5.85. The fourth-order valence-electron chi connectivity index (χ4n) is 3.34. The Morgan fingerprint density at radius 2 is 1.71 bits per heavy atom. The normalized spacial score (nSPS) is 18.3. The van der Waals surface area contributed by atoms with Crippen LogP contribution in [0.1, 0.15) is 30.7 Å². The minimum atomic E-state index is -0.231. The molecule has 0 saturated carbocycles. The second-order valence-corrected chi connectivity index (χ2v) is 6.05. The first-order valence-electron chi connectivity index (χ1n) is 8.26. The van der Waals surface area contributed by atoms with Gasteiger partial charge < -0.3 is 10.1 Å². The molecule has 3 rings (SSSR count). The van der Waals surface area contributed by atoms with E-state index in [1.54, 1.807) is 0 Å². The minimum absolute atomic E-state index is 0. The molecule has 2 aromatic carbocycles. The van der Waals surface area contributed by atoms with Crippen molar-refractivity contribution >= 4 is 18.4 Å². The highest BCUT2D eigenvalue weighted by Gasteiger charge is 2.31. The second kappa shape index (κ2) is 8.86. The summed E-state index contributed by atoms with van der Waals surface area (Å²) in [6.07, 6.45) is 3.35. The van der Waals surface area contributed by atoms with Crippen molar-refractivity contribution < 1.29 is 9.53 Å². The molecule has 24 heavy (non-hydrogen) atoms. The quantitative estimate of drug-likeness (QED) is 0.845. The van der Waals surface area contributed by atoms with Gasteiger partial charge in [0.25, 0.3) is 0 Å². The van der Waals surface area contributed by atoms with Crippen LogP contribution in [0.15, 0.2) is 54.6 Å². The summed E-state index contributed by atoms with van der Waals surface area (Å²) in [7, 11) is 1.47. The lowest BCUT2D eigenvalue weighted by atomic mass is 9.86. The van der Waals surface area contributed by atoms with Gasteiger partial charge in [-0.3, -0.25) is 4.79 Å². The van der Waals surface area contributed by atoms with Crippen LogP contribution in [-0.4, -0.2) is 25.7 Å². The molecule has 0 bridgehead atoms. The van der Waals surface area contributed by atoms with Crippen molar-refractivity contribution in [3.05, 3.63) is 60.2 Å². The predicted octanol–water partition coefficient (Wildman–Crippen LogP) is 4.17. The van der Waals surface area contributed by atoms with E-state index in [4.69, 9.17) is 4.74 Å². The molecule has 2 aromatic rings. The van der Waals surface area contributed by atoms with E-state index in [0.717, 1.165) is 30.5 Å². The fraction of sp³-hybridized carbons (Fsp3) is 0.350. The third-order valence-corrected chi connectivity index (χ3v) is 4.58.